The number of halogens is 4. The molecule has 1 fully saturated rings. The molecule has 4 amide bonds. The highest BCUT2D eigenvalue weighted by atomic mass is 35.5. The number of carbonyl (C=O) groups excluding carboxylic acids is 3. The van der Waals surface area contributed by atoms with Crippen LogP contribution < -0.4 is 19.7 Å². The van der Waals surface area contributed by atoms with E-state index in [9.17, 15) is 27.6 Å². The van der Waals surface area contributed by atoms with E-state index in [1.807, 2.05) is 5.32 Å². The van der Waals surface area contributed by atoms with Crippen LogP contribution in [0.5, 0.6) is 11.5 Å². The van der Waals surface area contributed by atoms with Crippen molar-refractivity contribution in [3.05, 3.63) is 58.1 Å². The van der Waals surface area contributed by atoms with E-state index < -0.39 is 40.8 Å². The largest absolute Gasteiger partial charge is 0.490 e. The Labute approximate surface area is 197 Å². The summed E-state index contributed by atoms with van der Waals surface area (Å²) in [5, 5.41) is 1.64. The van der Waals surface area contributed by atoms with Crippen molar-refractivity contribution < 1.29 is 37.0 Å². The molecule has 0 radical (unpaired) electrons. The molecule has 0 aromatic heterocycles. The van der Waals surface area contributed by atoms with Gasteiger partial charge in [-0.2, -0.15) is 13.2 Å². The van der Waals surface area contributed by atoms with Gasteiger partial charge in [-0.1, -0.05) is 23.6 Å². The third-order valence-corrected chi connectivity index (χ3v) is 4.83. The van der Waals surface area contributed by atoms with Gasteiger partial charge in [-0.25, -0.2) is 9.69 Å². The number of imide groups is 2. The van der Waals surface area contributed by atoms with E-state index >= 15 is 0 Å². The molecule has 1 aliphatic rings. The van der Waals surface area contributed by atoms with Gasteiger partial charge in [0.05, 0.1) is 22.9 Å². The predicted octanol–water partition coefficient (Wildman–Crippen LogP) is 4.44. The van der Waals surface area contributed by atoms with Crippen LogP contribution in [0.1, 0.15) is 18.1 Å². The second-order valence-corrected chi connectivity index (χ2v) is 7.16. The lowest BCUT2D eigenvalue weighted by Gasteiger charge is -2.27. The molecule has 34 heavy (non-hydrogen) atoms. The Hall–Kier alpha value is -3.97. The minimum Gasteiger partial charge on any atom is -0.490 e. The van der Waals surface area contributed by atoms with Crippen LogP contribution in [0.2, 0.25) is 5.02 Å². The minimum atomic E-state index is -4.75. The average Bonchev–Trinajstić information content (AvgIpc) is 2.76. The van der Waals surface area contributed by atoms with Gasteiger partial charge in [0, 0.05) is 0 Å². The van der Waals surface area contributed by atoms with Crippen LogP contribution in [0, 0.1) is 12.3 Å². The molecule has 3 rings (SSSR count). The summed E-state index contributed by atoms with van der Waals surface area (Å²) in [6.07, 6.45) is 1.60. The van der Waals surface area contributed by atoms with Crippen LogP contribution >= 0.6 is 11.6 Å². The highest BCUT2D eigenvalue weighted by molar-refractivity contribution is 6.42. The standard InChI is InChI=1S/C23H16ClF3N2O5/c1-3-9-34-18-8-5-13(11-19(18)33-4-2)10-15-20(30)28-22(32)29(21(15)31)17-12-14(23(25,26)27)6-7-16(17)24/h1,5-8,10-12H,4,9H2,2H3,(H,28,30,32)/b15-10-. The quantitative estimate of drug-likeness (QED) is 0.366. The fraction of sp³-hybridized carbons (Fsp3) is 0.174. The summed E-state index contributed by atoms with van der Waals surface area (Å²) in [4.78, 5) is 38.2. The fourth-order valence-electron chi connectivity index (χ4n) is 3.02. The number of terminal acetylenes is 1. The molecule has 7 nitrogen and oxygen atoms in total. The predicted molar refractivity (Wildman–Crippen MR) is 117 cm³/mol. The van der Waals surface area contributed by atoms with E-state index in [1.54, 1.807) is 6.92 Å². The number of rotatable bonds is 6. The number of ether oxygens (including phenoxy) is 2. The molecule has 0 saturated carbocycles. The summed E-state index contributed by atoms with van der Waals surface area (Å²) in [6.45, 7) is 1.99. The van der Waals surface area contributed by atoms with Crippen molar-refractivity contribution in [1.29, 1.82) is 0 Å². The number of alkyl halides is 3. The first-order valence-corrected chi connectivity index (χ1v) is 10.1. The van der Waals surface area contributed by atoms with Crippen molar-refractivity contribution in [3.8, 4) is 23.8 Å². The molecular formula is C23H16ClF3N2O5. The van der Waals surface area contributed by atoms with Crippen molar-refractivity contribution in [2.24, 2.45) is 0 Å². The first-order valence-electron chi connectivity index (χ1n) is 9.68. The van der Waals surface area contributed by atoms with Gasteiger partial charge in [-0.3, -0.25) is 14.9 Å². The highest BCUT2D eigenvalue weighted by Gasteiger charge is 2.39. The molecule has 1 saturated heterocycles. The summed E-state index contributed by atoms with van der Waals surface area (Å²) in [6, 6.07) is 5.41. The number of benzene rings is 2. The molecule has 1 N–H and O–H groups in total. The van der Waals surface area contributed by atoms with Crippen molar-refractivity contribution in [2.45, 2.75) is 13.1 Å². The summed E-state index contributed by atoms with van der Waals surface area (Å²) in [7, 11) is 0. The molecule has 0 unspecified atom stereocenters. The fourth-order valence-corrected chi connectivity index (χ4v) is 3.23. The number of amides is 4. The topological polar surface area (TPSA) is 84.9 Å². The zero-order valence-corrected chi connectivity index (χ0v) is 18.3. The molecule has 0 spiro atoms. The zero-order chi connectivity index (χ0) is 25.0. The molecule has 0 bridgehead atoms. The van der Waals surface area contributed by atoms with Crippen molar-refractivity contribution in [1.82, 2.24) is 5.32 Å². The second kappa shape index (κ2) is 9.89. The lowest BCUT2D eigenvalue weighted by atomic mass is 10.1. The Balaban J connectivity index is 2.03. The molecule has 0 aliphatic carbocycles. The number of urea groups is 1. The SMILES string of the molecule is C#CCOc1ccc(/C=C2/C(=O)NC(=O)N(c3cc(C(F)(F)F)ccc3Cl)C2=O)cc1OCC. The van der Waals surface area contributed by atoms with E-state index in [0.717, 1.165) is 12.1 Å². The molecule has 176 valence electrons. The number of barbiturate groups is 1. The maximum absolute atomic E-state index is 13.2. The lowest BCUT2D eigenvalue weighted by molar-refractivity contribution is -0.137. The van der Waals surface area contributed by atoms with Gasteiger partial charge in [0.1, 0.15) is 12.2 Å². The number of hydrogen-bond donors (Lipinski definition) is 1. The maximum Gasteiger partial charge on any atom is 0.416 e. The summed E-state index contributed by atoms with van der Waals surface area (Å²) >= 11 is 5.98. The third kappa shape index (κ3) is 5.15. The van der Waals surface area contributed by atoms with E-state index in [-0.39, 0.29) is 24.0 Å². The summed E-state index contributed by atoms with van der Waals surface area (Å²) in [5.41, 5.74) is -1.84. The summed E-state index contributed by atoms with van der Waals surface area (Å²) in [5.74, 6) is 0.744. The van der Waals surface area contributed by atoms with Crippen LogP contribution in [-0.2, 0) is 15.8 Å². The Kier molecular flexibility index (Phi) is 7.17. The van der Waals surface area contributed by atoms with Gasteiger partial charge in [-0.15, -0.1) is 6.42 Å². The van der Waals surface area contributed by atoms with Gasteiger partial charge in [0.25, 0.3) is 11.8 Å². The van der Waals surface area contributed by atoms with E-state index in [2.05, 4.69) is 5.92 Å². The molecule has 2 aromatic carbocycles. The van der Waals surface area contributed by atoms with Crippen molar-refractivity contribution in [3.63, 3.8) is 0 Å². The van der Waals surface area contributed by atoms with Crippen LogP contribution in [0.15, 0.2) is 42.0 Å². The first-order chi connectivity index (χ1) is 16.1. The normalized spacial score (nSPS) is 15.2. The third-order valence-electron chi connectivity index (χ3n) is 4.51. The molecule has 11 heteroatoms. The van der Waals surface area contributed by atoms with Gasteiger partial charge in [-0.05, 0) is 48.9 Å². The van der Waals surface area contributed by atoms with E-state index in [1.165, 1.54) is 18.2 Å². The average molecular weight is 493 g/mol. The van der Waals surface area contributed by atoms with Gasteiger partial charge in [0.15, 0.2) is 11.5 Å². The molecule has 1 heterocycles. The van der Waals surface area contributed by atoms with Crippen LogP contribution in [0.4, 0.5) is 23.7 Å². The first kappa shape index (κ1) is 24.7. The second-order valence-electron chi connectivity index (χ2n) is 6.75. The molecular weight excluding hydrogens is 477 g/mol. The number of nitrogens with one attached hydrogen (secondary N) is 1. The number of anilines is 1. The van der Waals surface area contributed by atoms with E-state index in [0.29, 0.717) is 28.3 Å². The minimum absolute atomic E-state index is 0.0176. The Bertz CT molecular complexity index is 1230. The van der Waals surface area contributed by atoms with Crippen molar-refractivity contribution in [2.75, 3.05) is 18.1 Å². The molecule has 0 atom stereocenters. The van der Waals surface area contributed by atoms with Crippen LogP contribution in [0.3, 0.4) is 0 Å². The Morgan fingerprint density at radius 1 is 1.12 bits per heavy atom. The van der Waals surface area contributed by atoms with Gasteiger partial charge < -0.3 is 9.47 Å². The molecule has 1 aliphatic heterocycles. The van der Waals surface area contributed by atoms with Crippen molar-refractivity contribution >= 4 is 41.2 Å². The van der Waals surface area contributed by atoms with Crippen LogP contribution in [0.25, 0.3) is 6.08 Å². The lowest BCUT2D eigenvalue weighted by Crippen LogP contribution is -2.54. The number of hydrogen-bond acceptors (Lipinski definition) is 5. The van der Waals surface area contributed by atoms with E-state index in [4.69, 9.17) is 27.5 Å². The number of nitrogens with zero attached hydrogens (tertiary/aromatic N) is 1. The van der Waals surface area contributed by atoms with Gasteiger partial charge >= 0.3 is 12.2 Å². The van der Waals surface area contributed by atoms with Gasteiger partial charge in [0.2, 0.25) is 0 Å². The summed E-state index contributed by atoms with van der Waals surface area (Å²) < 4.78 is 50.3. The number of carbonyl (C=O) groups is 3. The smallest absolute Gasteiger partial charge is 0.416 e. The van der Waals surface area contributed by atoms with Crippen LogP contribution in [-0.4, -0.2) is 31.1 Å². The maximum atomic E-state index is 13.2. The Morgan fingerprint density at radius 3 is 2.50 bits per heavy atom. The highest BCUT2D eigenvalue weighted by Crippen LogP contribution is 2.37. The molecule has 2 aromatic rings. The monoisotopic (exact) mass is 492 g/mol. The zero-order valence-electron chi connectivity index (χ0n) is 17.5. The Morgan fingerprint density at radius 2 is 1.85 bits per heavy atom.